The lowest BCUT2D eigenvalue weighted by molar-refractivity contribution is 0.0758. The summed E-state index contributed by atoms with van der Waals surface area (Å²) in [7, 11) is 1.94. The van der Waals surface area contributed by atoms with E-state index in [0.717, 1.165) is 5.69 Å². The average molecular weight is 262 g/mol. The molecule has 0 saturated heterocycles. The van der Waals surface area contributed by atoms with E-state index < -0.39 is 5.97 Å². The minimum atomic E-state index is -0.438. The molecule has 0 amide bonds. The van der Waals surface area contributed by atoms with Crippen molar-refractivity contribution >= 4 is 15.4 Å². The maximum Gasteiger partial charge on any atom is 0.360 e. The maximum absolute atomic E-state index is 11.4. The second-order valence-electron chi connectivity index (χ2n) is 4.16. The molecule has 0 saturated carbocycles. The molecule has 1 heterocycles. The number of carbonyl (C=O) groups is 1. The van der Waals surface area contributed by atoms with E-state index in [1.165, 1.54) is 11.1 Å². The fraction of sp³-hybridized carbons (Fsp3) is 0.231. The molecular formula is C13H15N2O2P. The first-order chi connectivity index (χ1) is 8.61. The van der Waals surface area contributed by atoms with E-state index in [-0.39, 0.29) is 0 Å². The number of carbonyl (C=O) groups excluding carboxylic acids is 1. The summed E-state index contributed by atoms with van der Waals surface area (Å²) < 4.78 is 6.39. The quantitative estimate of drug-likeness (QED) is 0.798. The van der Waals surface area contributed by atoms with Gasteiger partial charge in [0, 0.05) is 5.69 Å². The highest BCUT2D eigenvalue weighted by atomic mass is 31.0. The normalized spacial score (nSPS) is 10.4. The van der Waals surface area contributed by atoms with Crippen LogP contribution in [-0.2, 0) is 11.1 Å². The minimum Gasteiger partial charge on any atom is -0.447 e. The summed E-state index contributed by atoms with van der Waals surface area (Å²) in [6.45, 7) is 4.64. The fourth-order valence-corrected chi connectivity index (χ4v) is 1.90. The van der Waals surface area contributed by atoms with Gasteiger partial charge in [0.2, 0.25) is 0 Å². The molecule has 1 atom stereocenters. The van der Waals surface area contributed by atoms with Gasteiger partial charge >= 0.3 is 5.97 Å². The van der Waals surface area contributed by atoms with Gasteiger partial charge in [-0.05, 0) is 31.0 Å². The Balaban J connectivity index is 2.27. The third kappa shape index (κ3) is 2.59. The van der Waals surface area contributed by atoms with Gasteiger partial charge in [0.25, 0.3) is 0 Å². The van der Waals surface area contributed by atoms with Gasteiger partial charge in [-0.15, -0.1) is 0 Å². The smallest absolute Gasteiger partial charge is 0.360 e. The number of benzene rings is 1. The molecule has 18 heavy (non-hydrogen) atoms. The van der Waals surface area contributed by atoms with E-state index in [0.29, 0.717) is 12.2 Å². The third-order valence-electron chi connectivity index (χ3n) is 2.88. The molecule has 0 aliphatic rings. The zero-order chi connectivity index (χ0) is 13.1. The van der Waals surface area contributed by atoms with Crippen molar-refractivity contribution in [3.63, 3.8) is 0 Å². The molecule has 0 aliphatic carbocycles. The number of rotatable bonds is 3. The van der Waals surface area contributed by atoms with E-state index in [2.05, 4.69) is 28.7 Å². The van der Waals surface area contributed by atoms with Crippen LogP contribution < -0.4 is 0 Å². The first-order valence-electron chi connectivity index (χ1n) is 5.62. The molecule has 0 radical (unpaired) electrons. The maximum atomic E-state index is 11.4. The summed E-state index contributed by atoms with van der Waals surface area (Å²) in [5.41, 5.74) is 3.66. The topological polar surface area (TPSA) is 44.1 Å². The van der Waals surface area contributed by atoms with E-state index in [1.807, 2.05) is 28.5 Å². The van der Waals surface area contributed by atoms with E-state index >= 15 is 0 Å². The highest BCUT2D eigenvalue weighted by molar-refractivity contribution is 7.10. The molecule has 0 aliphatic heterocycles. The van der Waals surface area contributed by atoms with Crippen molar-refractivity contribution in [1.29, 1.82) is 0 Å². The van der Waals surface area contributed by atoms with E-state index in [1.54, 1.807) is 10.7 Å². The summed E-state index contributed by atoms with van der Waals surface area (Å²) in [6.07, 6.45) is 0. The van der Waals surface area contributed by atoms with Crippen LogP contribution in [0.4, 0.5) is 0 Å². The predicted molar refractivity (Wildman–Crippen MR) is 72.4 cm³/mol. The summed E-state index contributed by atoms with van der Waals surface area (Å²) >= 11 is 0. The Morgan fingerprint density at radius 2 is 2.11 bits per heavy atom. The second-order valence-corrected chi connectivity index (χ2v) is 4.40. The molecular weight excluding hydrogens is 247 g/mol. The van der Waals surface area contributed by atoms with Crippen LogP contribution in [0, 0.1) is 13.8 Å². The Kier molecular flexibility index (Phi) is 3.78. The molecule has 0 bridgehead atoms. The first-order valence-corrected chi connectivity index (χ1v) is 6.09. The molecule has 1 aromatic carbocycles. The van der Waals surface area contributed by atoms with Crippen molar-refractivity contribution < 1.29 is 9.32 Å². The van der Waals surface area contributed by atoms with Crippen molar-refractivity contribution in [3.05, 3.63) is 52.8 Å². The monoisotopic (exact) mass is 262 g/mol. The Bertz CT molecular complexity index is 578. The largest absolute Gasteiger partial charge is 0.447 e. The molecule has 2 aromatic rings. The predicted octanol–water partition coefficient (Wildman–Crippen LogP) is 2.50. The van der Waals surface area contributed by atoms with Gasteiger partial charge in [-0.25, -0.2) is 4.79 Å². The molecule has 0 N–H and O–H groups in total. The van der Waals surface area contributed by atoms with Crippen LogP contribution >= 0.6 is 9.47 Å². The number of aromatic nitrogens is 2. The van der Waals surface area contributed by atoms with Crippen molar-refractivity contribution in [2.75, 3.05) is 0 Å². The Morgan fingerprint density at radius 3 is 2.78 bits per heavy atom. The number of aryl methyl sites for hydroxylation is 2. The van der Waals surface area contributed by atoms with Crippen LogP contribution in [0.15, 0.2) is 30.3 Å². The van der Waals surface area contributed by atoms with Crippen molar-refractivity contribution in [2.24, 2.45) is 0 Å². The lowest BCUT2D eigenvalue weighted by atomic mass is 10.1. The lowest BCUT2D eigenvalue weighted by Gasteiger charge is -2.07. The van der Waals surface area contributed by atoms with Crippen LogP contribution in [0.1, 0.15) is 27.3 Å². The van der Waals surface area contributed by atoms with Crippen molar-refractivity contribution in [3.8, 4) is 0 Å². The zero-order valence-electron chi connectivity index (χ0n) is 10.4. The third-order valence-corrected chi connectivity index (χ3v) is 3.09. The van der Waals surface area contributed by atoms with Gasteiger partial charge in [-0.2, -0.15) is 5.10 Å². The van der Waals surface area contributed by atoms with Gasteiger partial charge in [0.1, 0.15) is 0 Å². The minimum absolute atomic E-state index is 0.330. The number of hydrogen-bond donors (Lipinski definition) is 0. The summed E-state index contributed by atoms with van der Waals surface area (Å²) in [4.78, 5) is 11.4. The standard InChI is InChI=1S/C13H15N2O2P/c1-9-5-3-4-6-11(9)8-15-10(2)7-12(14-15)13(16)17-18/h3-7H,8,18H2,1-2H3. The molecule has 0 fully saturated rings. The number of hydrogen-bond acceptors (Lipinski definition) is 3. The molecule has 4 nitrogen and oxygen atoms in total. The van der Waals surface area contributed by atoms with Gasteiger partial charge < -0.3 is 4.52 Å². The van der Waals surface area contributed by atoms with E-state index in [4.69, 9.17) is 0 Å². The Hall–Kier alpha value is -1.67. The van der Waals surface area contributed by atoms with Gasteiger partial charge in [-0.1, -0.05) is 24.3 Å². The lowest BCUT2D eigenvalue weighted by Crippen LogP contribution is -2.07. The summed E-state index contributed by atoms with van der Waals surface area (Å²) in [5.74, 6) is -0.438. The SMILES string of the molecule is Cc1ccccc1Cn1nc(C(=O)OP)cc1C. The van der Waals surface area contributed by atoms with Crippen molar-refractivity contribution in [2.45, 2.75) is 20.4 Å². The van der Waals surface area contributed by atoms with Crippen LogP contribution in [0.2, 0.25) is 0 Å². The fourth-order valence-electron chi connectivity index (χ4n) is 1.78. The molecule has 1 unspecified atom stereocenters. The summed E-state index contributed by atoms with van der Waals surface area (Å²) in [6, 6.07) is 9.85. The second kappa shape index (κ2) is 5.32. The van der Waals surface area contributed by atoms with Crippen LogP contribution in [0.25, 0.3) is 0 Å². The Labute approximate surface area is 108 Å². The molecule has 5 heteroatoms. The van der Waals surface area contributed by atoms with Crippen LogP contribution in [0.5, 0.6) is 0 Å². The highest BCUT2D eigenvalue weighted by Crippen LogP contribution is 2.12. The highest BCUT2D eigenvalue weighted by Gasteiger charge is 2.12. The molecule has 94 valence electrons. The van der Waals surface area contributed by atoms with Crippen LogP contribution in [-0.4, -0.2) is 15.7 Å². The molecule has 1 aromatic heterocycles. The van der Waals surface area contributed by atoms with Gasteiger partial charge in [0.05, 0.1) is 16.0 Å². The number of nitrogens with zero attached hydrogens (tertiary/aromatic N) is 2. The molecule has 2 rings (SSSR count). The average Bonchev–Trinajstić information content (AvgIpc) is 2.73. The Morgan fingerprint density at radius 1 is 1.39 bits per heavy atom. The zero-order valence-corrected chi connectivity index (χ0v) is 11.5. The summed E-state index contributed by atoms with van der Waals surface area (Å²) in [5, 5.41) is 4.25. The van der Waals surface area contributed by atoms with Gasteiger partial charge in [-0.3, -0.25) is 4.68 Å². The molecule has 0 spiro atoms. The first kappa shape index (κ1) is 12.8. The van der Waals surface area contributed by atoms with Crippen LogP contribution in [0.3, 0.4) is 0 Å². The van der Waals surface area contributed by atoms with E-state index in [9.17, 15) is 4.79 Å². The van der Waals surface area contributed by atoms with Gasteiger partial charge in [0.15, 0.2) is 5.69 Å². The van der Waals surface area contributed by atoms with Crippen molar-refractivity contribution in [1.82, 2.24) is 9.78 Å².